The van der Waals surface area contributed by atoms with Gasteiger partial charge in [-0.05, 0) is 17.7 Å². The van der Waals surface area contributed by atoms with E-state index in [0.717, 1.165) is 5.56 Å². The largest absolute Gasteiger partial charge is 0.488 e. The van der Waals surface area contributed by atoms with E-state index in [9.17, 15) is 9.18 Å². The molecule has 0 saturated carbocycles. The molecule has 0 atom stereocenters. The van der Waals surface area contributed by atoms with Crippen molar-refractivity contribution in [1.82, 2.24) is 4.98 Å². The average Bonchev–Trinajstić information content (AvgIpc) is 2.96. The molecule has 3 rings (SSSR count). The van der Waals surface area contributed by atoms with E-state index < -0.39 is 11.8 Å². The van der Waals surface area contributed by atoms with Gasteiger partial charge in [-0.15, -0.1) is 0 Å². The fourth-order valence-corrected chi connectivity index (χ4v) is 2.25. The van der Waals surface area contributed by atoms with Gasteiger partial charge in [-0.3, -0.25) is 0 Å². The SMILES string of the molecule is COC(=O)c1cc2c(OCc3ccccc3)cc(F)cc2[nH]1. The van der Waals surface area contributed by atoms with Crippen LogP contribution in [-0.2, 0) is 11.3 Å². The number of hydrogen-bond acceptors (Lipinski definition) is 3. The molecule has 4 nitrogen and oxygen atoms in total. The summed E-state index contributed by atoms with van der Waals surface area (Å²) < 4.78 is 24.1. The van der Waals surface area contributed by atoms with Gasteiger partial charge >= 0.3 is 5.97 Å². The maximum atomic E-state index is 13.7. The highest BCUT2D eigenvalue weighted by molar-refractivity contribution is 5.97. The molecule has 0 spiro atoms. The number of hydrogen-bond donors (Lipinski definition) is 1. The number of carbonyl (C=O) groups is 1. The maximum absolute atomic E-state index is 13.7. The number of esters is 1. The molecule has 2 aromatic carbocycles. The maximum Gasteiger partial charge on any atom is 0.354 e. The second-order valence-electron chi connectivity index (χ2n) is 4.81. The van der Waals surface area contributed by atoms with E-state index in [2.05, 4.69) is 9.72 Å². The van der Waals surface area contributed by atoms with E-state index in [4.69, 9.17) is 4.74 Å². The van der Waals surface area contributed by atoms with Crippen LogP contribution in [0.5, 0.6) is 5.75 Å². The van der Waals surface area contributed by atoms with Crippen LogP contribution in [-0.4, -0.2) is 18.1 Å². The highest BCUT2D eigenvalue weighted by atomic mass is 19.1. The molecule has 112 valence electrons. The summed E-state index contributed by atoms with van der Waals surface area (Å²) in [4.78, 5) is 14.4. The molecule has 0 amide bonds. The second-order valence-corrected chi connectivity index (χ2v) is 4.81. The quantitative estimate of drug-likeness (QED) is 0.748. The number of halogens is 1. The number of ether oxygens (including phenoxy) is 2. The van der Waals surface area contributed by atoms with Crippen LogP contribution in [0.25, 0.3) is 10.9 Å². The predicted octanol–water partition coefficient (Wildman–Crippen LogP) is 3.67. The van der Waals surface area contributed by atoms with Crippen LogP contribution in [0.3, 0.4) is 0 Å². The van der Waals surface area contributed by atoms with Crippen LogP contribution in [0.4, 0.5) is 4.39 Å². The van der Waals surface area contributed by atoms with Crippen LogP contribution < -0.4 is 4.74 Å². The zero-order valence-electron chi connectivity index (χ0n) is 11.9. The number of fused-ring (bicyclic) bond motifs is 1. The predicted molar refractivity (Wildman–Crippen MR) is 80.4 cm³/mol. The van der Waals surface area contributed by atoms with Gasteiger partial charge in [-0.1, -0.05) is 30.3 Å². The van der Waals surface area contributed by atoms with E-state index in [0.29, 0.717) is 23.3 Å². The smallest absolute Gasteiger partial charge is 0.354 e. The van der Waals surface area contributed by atoms with Gasteiger partial charge < -0.3 is 14.5 Å². The molecule has 3 aromatic rings. The van der Waals surface area contributed by atoms with Crippen molar-refractivity contribution >= 4 is 16.9 Å². The number of carbonyl (C=O) groups excluding carboxylic acids is 1. The van der Waals surface area contributed by atoms with Gasteiger partial charge in [0.1, 0.15) is 23.9 Å². The Labute approximate surface area is 126 Å². The Morgan fingerprint density at radius 3 is 2.68 bits per heavy atom. The monoisotopic (exact) mass is 299 g/mol. The lowest BCUT2D eigenvalue weighted by atomic mass is 10.2. The molecule has 0 bridgehead atoms. The minimum Gasteiger partial charge on any atom is -0.488 e. The molecular formula is C17H14FNO3. The molecular weight excluding hydrogens is 285 g/mol. The van der Waals surface area contributed by atoms with Crippen LogP contribution in [0.1, 0.15) is 16.1 Å². The molecule has 0 aliphatic heterocycles. The molecule has 0 aliphatic carbocycles. The van der Waals surface area contributed by atoms with Gasteiger partial charge in [-0.2, -0.15) is 0 Å². The van der Waals surface area contributed by atoms with Crippen molar-refractivity contribution in [2.75, 3.05) is 7.11 Å². The van der Waals surface area contributed by atoms with Gasteiger partial charge in [0.05, 0.1) is 12.6 Å². The molecule has 5 heteroatoms. The first kappa shape index (κ1) is 14.1. The van der Waals surface area contributed by atoms with Crippen molar-refractivity contribution in [2.45, 2.75) is 6.61 Å². The Morgan fingerprint density at radius 1 is 1.18 bits per heavy atom. The van der Waals surface area contributed by atoms with Gasteiger partial charge in [0, 0.05) is 11.5 Å². The van der Waals surface area contributed by atoms with Gasteiger partial charge in [0.15, 0.2) is 0 Å². The van der Waals surface area contributed by atoms with Crippen LogP contribution in [0.2, 0.25) is 0 Å². The fraction of sp³-hybridized carbons (Fsp3) is 0.118. The minimum absolute atomic E-state index is 0.257. The third-order valence-electron chi connectivity index (χ3n) is 3.31. The highest BCUT2D eigenvalue weighted by Crippen LogP contribution is 2.29. The van der Waals surface area contributed by atoms with Gasteiger partial charge in [-0.25, -0.2) is 9.18 Å². The lowest BCUT2D eigenvalue weighted by molar-refractivity contribution is 0.0595. The molecule has 0 radical (unpaired) electrons. The number of rotatable bonds is 4. The summed E-state index contributed by atoms with van der Waals surface area (Å²) in [5, 5.41) is 0.637. The standard InChI is InChI=1S/C17H14FNO3/c1-21-17(20)15-9-13-14(19-15)7-12(18)8-16(13)22-10-11-5-3-2-4-6-11/h2-9,19H,10H2,1H3. The number of methoxy groups -OCH3 is 1. The summed E-state index contributed by atoms with van der Waals surface area (Å²) in [7, 11) is 1.29. The Balaban J connectivity index is 1.94. The van der Waals surface area contributed by atoms with Crippen LogP contribution in [0.15, 0.2) is 48.5 Å². The molecule has 0 saturated heterocycles. The Hall–Kier alpha value is -2.82. The van der Waals surface area contributed by atoms with E-state index in [1.54, 1.807) is 6.07 Å². The van der Waals surface area contributed by atoms with Crippen molar-refractivity contribution in [1.29, 1.82) is 0 Å². The van der Waals surface area contributed by atoms with Gasteiger partial charge in [0.25, 0.3) is 0 Å². The summed E-state index contributed by atoms with van der Waals surface area (Å²) in [5.41, 5.74) is 1.72. The Kier molecular flexibility index (Phi) is 3.78. The summed E-state index contributed by atoms with van der Waals surface area (Å²) in [5.74, 6) is -0.565. The molecule has 22 heavy (non-hydrogen) atoms. The van der Waals surface area contributed by atoms with Crippen LogP contribution >= 0.6 is 0 Å². The third-order valence-corrected chi connectivity index (χ3v) is 3.31. The number of aromatic amines is 1. The van der Waals surface area contributed by atoms with Gasteiger partial charge in [0.2, 0.25) is 0 Å². The van der Waals surface area contributed by atoms with Crippen LogP contribution in [0, 0.1) is 5.82 Å². The number of benzene rings is 2. The topological polar surface area (TPSA) is 51.3 Å². The van der Waals surface area contributed by atoms with E-state index in [1.807, 2.05) is 30.3 Å². The minimum atomic E-state index is -0.509. The number of H-pyrrole nitrogens is 1. The first-order valence-electron chi connectivity index (χ1n) is 6.74. The molecule has 0 aliphatic rings. The first-order valence-corrected chi connectivity index (χ1v) is 6.74. The van der Waals surface area contributed by atoms with Crippen molar-refractivity contribution < 1.29 is 18.7 Å². The van der Waals surface area contributed by atoms with E-state index in [1.165, 1.54) is 19.2 Å². The summed E-state index contributed by atoms with van der Waals surface area (Å²) in [6.45, 7) is 0.318. The molecule has 1 heterocycles. The lowest BCUT2D eigenvalue weighted by Crippen LogP contribution is -2.00. The van der Waals surface area contributed by atoms with Crippen molar-refractivity contribution in [3.05, 3.63) is 65.6 Å². The normalized spacial score (nSPS) is 10.6. The summed E-state index contributed by atoms with van der Waals surface area (Å²) in [6.07, 6.45) is 0. The average molecular weight is 299 g/mol. The Bertz CT molecular complexity index is 811. The van der Waals surface area contributed by atoms with Crippen molar-refractivity contribution in [2.24, 2.45) is 0 Å². The number of nitrogens with one attached hydrogen (secondary N) is 1. The summed E-state index contributed by atoms with van der Waals surface area (Å²) >= 11 is 0. The molecule has 0 unspecified atom stereocenters. The number of aromatic nitrogens is 1. The Morgan fingerprint density at radius 2 is 1.95 bits per heavy atom. The van der Waals surface area contributed by atoms with Crippen molar-refractivity contribution in [3.8, 4) is 5.75 Å². The van der Waals surface area contributed by atoms with E-state index in [-0.39, 0.29) is 5.69 Å². The lowest BCUT2D eigenvalue weighted by Gasteiger charge is -2.07. The molecule has 1 N–H and O–H groups in total. The summed E-state index contributed by atoms with van der Waals surface area (Å²) in [6, 6.07) is 13.8. The second kappa shape index (κ2) is 5.89. The fourth-order valence-electron chi connectivity index (χ4n) is 2.25. The third kappa shape index (κ3) is 2.79. The highest BCUT2D eigenvalue weighted by Gasteiger charge is 2.14. The molecule has 0 fully saturated rings. The first-order chi connectivity index (χ1) is 10.7. The zero-order chi connectivity index (χ0) is 15.5. The van der Waals surface area contributed by atoms with Crippen molar-refractivity contribution in [3.63, 3.8) is 0 Å². The van der Waals surface area contributed by atoms with E-state index >= 15 is 0 Å². The molecule has 1 aromatic heterocycles. The zero-order valence-corrected chi connectivity index (χ0v) is 11.9.